The van der Waals surface area contributed by atoms with Gasteiger partial charge in [0.15, 0.2) is 11.5 Å². The summed E-state index contributed by atoms with van der Waals surface area (Å²) in [5.74, 6) is 1.08. The van der Waals surface area contributed by atoms with Crippen molar-refractivity contribution >= 4 is 11.9 Å². The molecule has 5 rings (SSSR count). The van der Waals surface area contributed by atoms with Gasteiger partial charge in [0.2, 0.25) is 0 Å². The molecule has 2 aliphatic rings. The number of fused-ring (bicyclic) bond motifs is 2. The average Bonchev–Trinajstić information content (AvgIpc) is 2.94. The van der Waals surface area contributed by atoms with E-state index < -0.39 is 11.6 Å². The highest BCUT2D eigenvalue weighted by Gasteiger charge is 2.30. The molecule has 1 N–H and O–H groups in total. The third-order valence-electron chi connectivity index (χ3n) is 8.33. The van der Waals surface area contributed by atoms with Crippen LogP contribution in [0, 0.1) is 18.8 Å². The summed E-state index contributed by atoms with van der Waals surface area (Å²) in [5.41, 5.74) is 6.21. The molecule has 0 spiro atoms. The topological polar surface area (TPSA) is 91.3 Å². The third kappa shape index (κ3) is 7.89. The summed E-state index contributed by atoms with van der Waals surface area (Å²) in [7, 11) is 0. The maximum atomic E-state index is 12.6. The van der Waals surface area contributed by atoms with Crippen molar-refractivity contribution in [2.24, 2.45) is 11.8 Å². The van der Waals surface area contributed by atoms with Gasteiger partial charge in [0.25, 0.3) is 0 Å². The molecule has 43 heavy (non-hydrogen) atoms. The molecule has 3 aromatic rings. The van der Waals surface area contributed by atoms with Gasteiger partial charge in [-0.3, -0.25) is 9.59 Å². The van der Waals surface area contributed by atoms with Crippen LogP contribution in [0.4, 0.5) is 0 Å². The molecular weight excluding hydrogens is 544 g/mol. The van der Waals surface area contributed by atoms with Gasteiger partial charge >= 0.3 is 11.9 Å². The zero-order valence-corrected chi connectivity index (χ0v) is 25.6. The van der Waals surface area contributed by atoms with Gasteiger partial charge in [-0.25, -0.2) is 0 Å². The monoisotopic (exact) mass is 586 g/mol. The van der Waals surface area contributed by atoms with Crippen LogP contribution in [0.25, 0.3) is 11.1 Å². The number of aliphatic carboxylic acids is 1. The van der Waals surface area contributed by atoms with Gasteiger partial charge in [-0.15, -0.1) is 0 Å². The molecule has 7 heteroatoms. The number of carbonyl (C=O) groups excluding carboxylic acids is 1. The van der Waals surface area contributed by atoms with Gasteiger partial charge in [0.1, 0.15) is 31.2 Å². The Morgan fingerprint density at radius 2 is 1.72 bits per heavy atom. The van der Waals surface area contributed by atoms with E-state index in [9.17, 15) is 14.7 Å². The fourth-order valence-electron chi connectivity index (χ4n) is 6.22. The first kappa shape index (κ1) is 30.5. The van der Waals surface area contributed by atoms with Crippen molar-refractivity contribution in [3.05, 3.63) is 76.9 Å². The quantitative estimate of drug-likeness (QED) is 0.276. The minimum Gasteiger partial charge on any atom is -0.489 e. The lowest BCUT2D eigenvalue weighted by atomic mass is 9.76. The van der Waals surface area contributed by atoms with E-state index in [1.165, 1.54) is 5.56 Å². The molecule has 0 saturated heterocycles. The summed E-state index contributed by atoms with van der Waals surface area (Å²) in [5, 5.41) is 9.66. The summed E-state index contributed by atoms with van der Waals surface area (Å²) < 4.78 is 23.3. The number of esters is 1. The van der Waals surface area contributed by atoms with Gasteiger partial charge in [-0.2, -0.15) is 0 Å². The van der Waals surface area contributed by atoms with E-state index in [-0.39, 0.29) is 30.6 Å². The molecule has 0 fully saturated rings. The average molecular weight is 587 g/mol. The van der Waals surface area contributed by atoms with Crippen molar-refractivity contribution in [3.63, 3.8) is 0 Å². The molecule has 0 aromatic heterocycles. The Balaban J connectivity index is 1.29. The summed E-state index contributed by atoms with van der Waals surface area (Å²) in [6.45, 7) is 9.23. The molecule has 0 radical (unpaired) electrons. The smallest absolute Gasteiger partial charge is 0.306 e. The second kappa shape index (κ2) is 13.1. The van der Waals surface area contributed by atoms with E-state index in [0.717, 1.165) is 64.3 Å². The number of rotatable bonds is 8. The van der Waals surface area contributed by atoms with Crippen molar-refractivity contribution < 1.29 is 33.6 Å². The lowest BCUT2D eigenvalue weighted by molar-refractivity contribution is -0.157. The molecule has 228 valence electrons. The normalized spacial score (nSPS) is 18.1. The first-order valence-corrected chi connectivity index (χ1v) is 15.2. The molecular formula is C36H42O7. The number of ether oxygens (including phenoxy) is 4. The number of carboxylic acid groups (broad SMARTS) is 1. The summed E-state index contributed by atoms with van der Waals surface area (Å²) in [4.78, 5) is 24.4. The Morgan fingerprint density at radius 1 is 0.930 bits per heavy atom. The Kier molecular flexibility index (Phi) is 9.28. The molecule has 1 heterocycles. The number of benzene rings is 3. The predicted molar refractivity (Wildman–Crippen MR) is 165 cm³/mol. The Labute approximate surface area is 254 Å². The Bertz CT molecular complexity index is 1470. The second-order valence-corrected chi connectivity index (χ2v) is 12.7. The van der Waals surface area contributed by atoms with Crippen LogP contribution in [0.2, 0.25) is 0 Å². The van der Waals surface area contributed by atoms with Crippen molar-refractivity contribution in [1.82, 2.24) is 0 Å². The van der Waals surface area contributed by atoms with Crippen LogP contribution < -0.4 is 14.2 Å². The van der Waals surface area contributed by atoms with Crippen LogP contribution in [-0.4, -0.2) is 35.9 Å². The van der Waals surface area contributed by atoms with Gasteiger partial charge < -0.3 is 24.1 Å². The third-order valence-corrected chi connectivity index (χ3v) is 8.33. The fraction of sp³-hybridized carbons (Fsp3) is 0.444. The Hall–Kier alpha value is -4.00. The molecule has 2 unspecified atom stereocenters. The Morgan fingerprint density at radius 3 is 2.49 bits per heavy atom. The number of aryl methyl sites for hydroxylation is 1. The molecule has 3 aromatic carbocycles. The minimum atomic E-state index is -0.838. The minimum absolute atomic E-state index is 0.0283. The highest BCUT2D eigenvalue weighted by Crippen LogP contribution is 2.37. The van der Waals surface area contributed by atoms with Crippen LogP contribution >= 0.6 is 0 Å². The first-order chi connectivity index (χ1) is 20.6. The number of hydrogen-bond acceptors (Lipinski definition) is 6. The highest BCUT2D eigenvalue weighted by molar-refractivity contribution is 5.72. The summed E-state index contributed by atoms with van der Waals surface area (Å²) >= 11 is 0. The number of carboxylic acids is 1. The van der Waals surface area contributed by atoms with Crippen LogP contribution in [-0.2, 0) is 33.8 Å². The van der Waals surface area contributed by atoms with Crippen molar-refractivity contribution in [3.8, 4) is 28.4 Å². The largest absolute Gasteiger partial charge is 0.489 e. The summed E-state index contributed by atoms with van der Waals surface area (Å²) in [6.07, 6.45) is 3.41. The number of carbonyl (C=O) groups is 2. The molecule has 0 amide bonds. The van der Waals surface area contributed by atoms with Gasteiger partial charge in [-0.1, -0.05) is 30.3 Å². The van der Waals surface area contributed by atoms with Gasteiger partial charge in [0.05, 0.1) is 0 Å². The van der Waals surface area contributed by atoms with E-state index in [4.69, 9.17) is 18.9 Å². The standard InChI is InChI=1S/C36H42O7/c1-23-28(9-6-10-31(23)27-12-14-32-33(19-27)41-16-15-40-32)22-42-30-13-11-26-17-29(20-34(37)38)25(8-5-7-24(26)18-30)21-35(39)43-36(2,3)4/h6,9-14,18-19,25,29H,5,7-8,15-17,20-22H2,1-4H3,(H,37,38). The van der Waals surface area contributed by atoms with Crippen molar-refractivity contribution in [2.45, 2.75) is 78.4 Å². The summed E-state index contributed by atoms with van der Waals surface area (Å²) in [6, 6.07) is 18.4. The van der Waals surface area contributed by atoms with E-state index in [1.807, 2.05) is 39.0 Å². The molecule has 1 aliphatic carbocycles. The highest BCUT2D eigenvalue weighted by atomic mass is 16.6. The molecule has 2 atom stereocenters. The second-order valence-electron chi connectivity index (χ2n) is 12.7. The molecule has 0 saturated carbocycles. The molecule has 7 nitrogen and oxygen atoms in total. The maximum Gasteiger partial charge on any atom is 0.306 e. The van der Waals surface area contributed by atoms with Crippen LogP contribution in [0.1, 0.15) is 68.7 Å². The van der Waals surface area contributed by atoms with E-state index in [2.05, 4.69) is 43.3 Å². The zero-order chi connectivity index (χ0) is 30.6. The fourth-order valence-corrected chi connectivity index (χ4v) is 6.22. The van der Waals surface area contributed by atoms with Crippen LogP contribution in [0.3, 0.4) is 0 Å². The first-order valence-electron chi connectivity index (χ1n) is 15.2. The maximum absolute atomic E-state index is 12.6. The van der Waals surface area contributed by atoms with Gasteiger partial charge in [0, 0.05) is 12.8 Å². The van der Waals surface area contributed by atoms with E-state index in [1.54, 1.807) is 0 Å². The molecule has 1 aliphatic heterocycles. The lowest BCUT2D eigenvalue weighted by Crippen LogP contribution is -2.29. The zero-order valence-electron chi connectivity index (χ0n) is 25.6. The molecule has 0 bridgehead atoms. The van der Waals surface area contributed by atoms with E-state index >= 15 is 0 Å². The predicted octanol–water partition coefficient (Wildman–Crippen LogP) is 7.33. The lowest BCUT2D eigenvalue weighted by Gasteiger charge is -2.30. The van der Waals surface area contributed by atoms with E-state index in [0.29, 0.717) is 26.2 Å². The van der Waals surface area contributed by atoms with Crippen molar-refractivity contribution in [2.75, 3.05) is 13.2 Å². The number of hydrogen-bond donors (Lipinski definition) is 1. The van der Waals surface area contributed by atoms with Crippen LogP contribution in [0.5, 0.6) is 17.2 Å². The van der Waals surface area contributed by atoms with Crippen molar-refractivity contribution in [1.29, 1.82) is 0 Å². The van der Waals surface area contributed by atoms with Crippen LogP contribution in [0.15, 0.2) is 54.6 Å². The SMILES string of the molecule is Cc1c(COc2ccc3c(c2)CCCC(CC(=O)OC(C)(C)C)C(CC(=O)O)C3)cccc1-c1ccc2c(c1)OCCO2. The van der Waals surface area contributed by atoms with Gasteiger partial charge in [-0.05, 0) is 123 Å².